The molecule has 0 aromatic heterocycles. The molecule has 2 fully saturated rings. The molecule has 9 nitrogen and oxygen atoms in total. The summed E-state index contributed by atoms with van der Waals surface area (Å²) in [4.78, 5) is 50.0. The van der Waals surface area contributed by atoms with Gasteiger partial charge in [-0.05, 0) is 36.5 Å². The van der Waals surface area contributed by atoms with Crippen molar-refractivity contribution in [2.24, 2.45) is 5.92 Å². The number of nitrogens with zero attached hydrogens (tertiary/aromatic N) is 1. The molecule has 0 radical (unpaired) electrons. The Bertz CT molecular complexity index is 825. The molecule has 3 rings (SSSR count). The van der Waals surface area contributed by atoms with E-state index in [0.29, 0.717) is 12.2 Å². The SMILES string of the molecule is COc1ccc(CNC(=O)COC(=O)CN2C(=O)N[C@@]3(CCCC[C@@H]3C)C2=O)cc1. The number of benzene rings is 1. The van der Waals surface area contributed by atoms with Gasteiger partial charge in [0.25, 0.3) is 11.8 Å². The van der Waals surface area contributed by atoms with Gasteiger partial charge in [-0.3, -0.25) is 19.3 Å². The molecular formula is C21H27N3O6. The van der Waals surface area contributed by atoms with Gasteiger partial charge in [0.2, 0.25) is 0 Å². The quantitative estimate of drug-likeness (QED) is 0.511. The molecule has 1 saturated carbocycles. The normalized spacial score (nSPS) is 23.3. The Balaban J connectivity index is 1.45. The topological polar surface area (TPSA) is 114 Å². The molecule has 162 valence electrons. The number of ether oxygens (including phenoxy) is 2. The Morgan fingerprint density at radius 1 is 1.23 bits per heavy atom. The molecule has 1 aliphatic heterocycles. The Hall–Kier alpha value is -3.10. The van der Waals surface area contributed by atoms with Crippen LogP contribution in [0, 0.1) is 5.92 Å². The van der Waals surface area contributed by atoms with Gasteiger partial charge >= 0.3 is 12.0 Å². The van der Waals surface area contributed by atoms with E-state index in [9.17, 15) is 19.2 Å². The van der Waals surface area contributed by atoms with Gasteiger partial charge in [0.15, 0.2) is 6.61 Å². The van der Waals surface area contributed by atoms with E-state index in [4.69, 9.17) is 9.47 Å². The third-order valence-corrected chi connectivity index (χ3v) is 5.80. The minimum absolute atomic E-state index is 0.00690. The minimum Gasteiger partial charge on any atom is -0.497 e. The summed E-state index contributed by atoms with van der Waals surface area (Å²) in [5.41, 5.74) is -0.0625. The van der Waals surface area contributed by atoms with Gasteiger partial charge in [0.05, 0.1) is 7.11 Å². The van der Waals surface area contributed by atoms with Crippen molar-refractivity contribution in [3.05, 3.63) is 29.8 Å². The molecular weight excluding hydrogens is 390 g/mol. The number of hydrogen-bond donors (Lipinski definition) is 2. The molecule has 0 bridgehead atoms. The fourth-order valence-corrected chi connectivity index (χ4v) is 3.95. The van der Waals surface area contributed by atoms with Crippen LogP contribution in [0.3, 0.4) is 0 Å². The largest absolute Gasteiger partial charge is 0.497 e. The first-order valence-electron chi connectivity index (χ1n) is 10.0. The van der Waals surface area contributed by atoms with E-state index < -0.39 is 36.6 Å². The van der Waals surface area contributed by atoms with Gasteiger partial charge < -0.3 is 20.1 Å². The first-order chi connectivity index (χ1) is 14.4. The summed E-state index contributed by atoms with van der Waals surface area (Å²) in [6, 6.07) is 6.59. The smallest absolute Gasteiger partial charge is 0.326 e. The molecule has 1 spiro atoms. The van der Waals surface area contributed by atoms with E-state index in [-0.39, 0.29) is 18.4 Å². The van der Waals surface area contributed by atoms with Crippen molar-refractivity contribution in [2.45, 2.75) is 44.7 Å². The summed E-state index contributed by atoms with van der Waals surface area (Å²) in [5.74, 6) is -0.954. The van der Waals surface area contributed by atoms with Crippen molar-refractivity contribution in [1.82, 2.24) is 15.5 Å². The fraction of sp³-hybridized carbons (Fsp3) is 0.524. The third kappa shape index (κ3) is 4.55. The van der Waals surface area contributed by atoms with Crippen LogP contribution in [-0.4, -0.2) is 54.5 Å². The summed E-state index contributed by atoms with van der Waals surface area (Å²) >= 11 is 0. The standard InChI is InChI=1S/C21H27N3O6/c1-14-5-3-4-10-21(14)19(27)24(20(28)23-21)12-18(26)30-13-17(25)22-11-15-6-8-16(29-2)9-7-15/h6-9,14H,3-5,10-13H2,1-2H3,(H,22,25)(H,23,28)/t14-,21+/m0/s1. The molecule has 30 heavy (non-hydrogen) atoms. The van der Waals surface area contributed by atoms with E-state index in [0.717, 1.165) is 29.7 Å². The molecule has 1 aromatic carbocycles. The fourth-order valence-electron chi connectivity index (χ4n) is 3.95. The number of urea groups is 1. The van der Waals surface area contributed by atoms with Gasteiger partial charge in [-0.1, -0.05) is 31.9 Å². The average Bonchev–Trinajstić information content (AvgIpc) is 2.98. The third-order valence-electron chi connectivity index (χ3n) is 5.80. The highest BCUT2D eigenvalue weighted by atomic mass is 16.5. The van der Waals surface area contributed by atoms with Crippen LogP contribution in [0.5, 0.6) is 5.75 Å². The maximum absolute atomic E-state index is 12.8. The Morgan fingerprint density at radius 3 is 2.63 bits per heavy atom. The van der Waals surface area contributed by atoms with Crippen LogP contribution in [-0.2, 0) is 25.7 Å². The zero-order chi connectivity index (χ0) is 21.7. The van der Waals surface area contributed by atoms with Crippen LogP contribution in [0.1, 0.15) is 38.2 Å². The van der Waals surface area contributed by atoms with Crippen molar-refractivity contribution in [1.29, 1.82) is 0 Å². The van der Waals surface area contributed by atoms with Crippen LogP contribution in [0.4, 0.5) is 4.79 Å². The number of amides is 4. The first-order valence-corrected chi connectivity index (χ1v) is 10.0. The second-order valence-corrected chi connectivity index (χ2v) is 7.73. The van der Waals surface area contributed by atoms with Gasteiger partial charge in [0, 0.05) is 6.54 Å². The van der Waals surface area contributed by atoms with Gasteiger partial charge in [-0.2, -0.15) is 0 Å². The van der Waals surface area contributed by atoms with Crippen LogP contribution in [0.25, 0.3) is 0 Å². The summed E-state index contributed by atoms with van der Waals surface area (Å²) in [5, 5.41) is 5.42. The lowest BCUT2D eigenvalue weighted by Crippen LogP contribution is -2.54. The van der Waals surface area contributed by atoms with Crippen LogP contribution >= 0.6 is 0 Å². The molecule has 2 aliphatic rings. The number of carbonyl (C=O) groups excluding carboxylic acids is 4. The van der Waals surface area contributed by atoms with Crippen molar-refractivity contribution < 1.29 is 28.7 Å². The maximum Gasteiger partial charge on any atom is 0.326 e. The molecule has 1 aliphatic carbocycles. The molecule has 2 atom stereocenters. The molecule has 4 amide bonds. The lowest BCUT2D eigenvalue weighted by molar-refractivity contribution is -0.151. The predicted molar refractivity (Wildman–Crippen MR) is 106 cm³/mol. The minimum atomic E-state index is -0.925. The molecule has 1 saturated heterocycles. The Morgan fingerprint density at radius 2 is 1.97 bits per heavy atom. The number of esters is 1. The lowest BCUT2D eigenvalue weighted by atomic mass is 9.73. The number of imide groups is 1. The van der Waals surface area contributed by atoms with Crippen molar-refractivity contribution in [3.8, 4) is 5.75 Å². The van der Waals surface area contributed by atoms with Crippen LogP contribution < -0.4 is 15.4 Å². The average molecular weight is 417 g/mol. The molecule has 9 heteroatoms. The second kappa shape index (κ2) is 9.15. The molecule has 1 aromatic rings. The molecule has 2 N–H and O–H groups in total. The first kappa shape index (κ1) is 21.6. The number of carbonyl (C=O) groups is 4. The van der Waals surface area contributed by atoms with Crippen molar-refractivity contribution in [2.75, 3.05) is 20.3 Å². The van der Waals surface area contributed by atoms with E-state index >= 15 is 0 Å². The van der Waals surface area contributed by atoms with E-state index in [2.05, 4.69) is 10.6 Å². The van der Waals surface area contributed by atoms with Gasteiger partial charge in [-0.15, -0.1) is 0 Å². The molecule has 1 heterocycles. The Kier molecular flexibility index (Phi) is 6.59. The van der Waals surface area contributed by atoms with Crippen molar-refractivity contribution >= 4 is 23.8 Å². The summed E-state index contributed by atoms with van der Waals surface area (Å²) in [6.45, 7) is 1.21. The summed E-state index contributed by atoms with van der Waals surface area (Å²) in [7, 11) is 1.57. The zero-order valence-corrected chi connectivity index (χ0v) is 17.2. The van der Waals surface area contributed by atoms with Crippen molar-refractivity contribution in [3.63, 3.8) is 0 Å². The maximum atomic E-state index is 12.8. The Labute approximate surface area is 175 Å². The van der Waals surface area contributed by atoms with E-state index in [1.165, 1.54) is 0 Å². The predicted octanol–water partition coefficient (Wildman–Crippen LogP) is 1.36. The number of nitrogens with one attached hydrogen (secondary N) is 2. The van der Waals surface area contributed by atoms with E-state index in [1.807, 2.05) is 19.1 Å². The van der Waals surface area contributed by atoms with Gasteiger partial charge in [-0.25, -0.2) is 4.79 Å². The zero-order valence-electron chi connectivity index (χ0n) is 17.2. The highest BCUT2D eigenvalue weighted by Crippen LogP contribution is 2.38. The highest BCUT2D eigenvalue weighted by molar-refractivity contribution is 6.09. The van der Waals surface area contributed by atoms with Crippen LogP contribution in [0.2, 0.25) is 0 Å². The summed E-state index contributed by atoms with van der Waals surface area (Å²) in [6.07, 6.45) is 3.28. The van der Waals surface area contributed by atoms with E-state index in [1.54, 1.807) is 19.2 Å². The number of methoxy groups -OCH3 is 1. The monoisotopic (exact) mass is 417 g/mol. The summed E-state index contributed by atoms with van der Waals surface area (Å²) < 4.78 is 10.0. The highest BCUT2D eigenvalue weighted by Gasteiger charge is 2.55. The van der Waals surface area contributed by atoms with Crippen LogP contribution in [0.15, 0.2) is 24.3 Å². The number of hydrogen-bond acceptors (Lipinski definition) is 6. The van der Waals surface area contributed by atoms with Gasteiger partial charge in [0.1, 0.15) is 17.8 Å². The lowest BCUT2D eigenvalue weighted by Gasteiger charge is -2.36. The second-order valence-electron chi connectivity index (χ2n) is 7.73. The molecule has 0 unspecified atom stereocenters. The number of rotatable bonds is 7.